The number of benzene rings is 2. The Morgan fingerprint density at radius 2 is 1.03 bits per heavy atom. The van der Waals surface area contributed by atoms with Crippen molar-refractivity contribution in [3.63, 3.8) is 0 Å². The standard InChI is InChI=1S/2C23H26FN3O5S/c2*1-3-5-15-8-9-18-21-20(22(29)25-11-14-6-4-7-16(24)10-14)17(13-28)19(12-26(18)23(15)30)27(21)33(2,31)32/h2*3-10,17,19-21,28H,11-13H2,1-2H3,(H,25,29)/b5-3+;5-3-/t2*17-,19-,20+,21+/m11/s1. The van der Waals surface area contributed by atoms with E-state index in [4.69, 9.17) is 0 Å². The molecule has 16 nitrogen and oxygen atoms in total. The molecule has 4 aliphatic rings. The van der Waals surface area contributed by atoms with E-state index in [1.54, 1.807) is 74.5 Å². The Morgan fingerprint density at radius 1 is 0.652 bits per heavy atom. The van der Waals surface area contributed by atoms with E-state index in [-0.39, 0.29) is 37.3 Å². The Labute approximate surface area is 381 Å². The quantitative estimate of drug-likeness (QED) is 0.163. The van der Waals surface area contributed by atoms with E-state index >= 15 is 0 Å². The van der Waals surface area contributed by atoms with Gasteiger partial charge < -0.3 is 30.0 Å². The van der Waals surface area contributed by atoms with Crippen molar-refractivity contribution in [2.75, 3.05) is 25.7 Å². The molecular formula is C46H52F2N6O10S2. The van der Waals surface area contributed by atoms with Gasteiger partial charge in [0, 0.05) is 85.8 Å². The van der Waals surface area contributed by atoms with Crippen LogP contribution < -0.4 is 21.8 Å². The van der Waals surface area contributed by atoms with Crippen molar-refractivity contribution in [1.29, 1.82) is 0 Å². The number of amides is 2. The summed E-state index contributed by atoms with van der Waals surface area (Å²) in [6, 6.07) is 14.8. The van der Waals surface area contributed by atoms with Gasteiger partial charge >= 0.3 is 0 Å². The summed E-state index contributed by atoms with van der Waals surface area (Å²) in [6.45, 7) is 2.93. The molecule has 6 heterocycles. The maximum Gasteiger partial charge on any atom is 0.258 e. The Bertz CT molecular complexity index is 2740. The molecule has 352 valence electrons. The van der Waals surface area contributed by atoms with Gasteiger partial charge in [0.05, 0.1) is 36.4 Å². The van der Waals surface area contributed by atoms with Gasteiger partial charge in [0.25, 0.3) is 11.1 Å². The fourth-order valence-corrected chi connectivity index (χ4v) is 12.9. The summed E-state index contributed by atoms with van der Waals surface area (Å²) >= 11 is 0. The van der Waals surface area contributed by atoms with Gasteiger partial charge in [-0.05, 0) is 73.5 Å². The number of aromatic nitrogens is 2. The average molecular weight is 951 g/mol. The smallest absolute Gasteiger partial charge is 0.258 e. The second-order valence-corrected chi connectivity index (χ2v) is 20.7. The highest BCUT2D eigenvalue weighted by molar-refractivity contribution is 7.88. The minimum Gasteiger partial charge on any atom is -0.396 e. The number of hydrogen-bond donors (Lipinski definition) is 4. The van der Waals surface area contributed by atoms with Crippen LogP contribution in [-0.2, 0) is 55.8 Å². The van der Waals surface area contributed by atoms with Crippen molar-refractivity contribution in [1.82, 2.24) is 28.4 Å². The predicted molar refractivity (Wildman–Crippen MR) is 242 cm³/mol. The zero-order valence-electron chi connectivity index (χ0n) is 36.6. The summed E-state index contributed by atoms with van der Waals surface area (Å²) in [5.41, 5.74) is 2.31. The SMILES string of the molecule is C/C=C/c1ccc2n(c1=O)C[C@@H]1[C@@H](CO)[C@H](C(=O)NCc3cccc(F)c3)[C@H]2N1S(C)(=O)=O.C/C=C\c1ccc2n(c1=O)C[C@@H]1[C@@H](CO)[C@H](C(=O)NCc3cccc(F)c3)[C@H]2N1S(C)(=O)=O. The molecule has 66 heavy (non-hydrogen) atoms. The largest absolute Gasteiger partial charge is 0.396 e. The van der Waals surface area contributed by atoms with Crippen LogP contribution in [0.1, 0.15) is 59.6 Å². The summed E-state index contributed by atoms with van der Waals surface area (Å²) < 4.78 is 83.5. The molecule has 0 spiro atoms. The van der Waals surface area contributed by atoms with Crippen molar-refractivity contribution in [2.45, 2.75) is 64.2 Å². The molecule has 4 aliphatic heterocycles. The van der Waals surface area contributed by atoms with E-state index in [0.717, 1.165) is 12.5 Å². The summed E-state index contributed by atoms with van der Waals surface area (Å²) in [6.07, 6.45) is 8.96. The highest BCUT2D eigenvalue weighted by atomic mass is 32.2. The first-order valence-electron chi connectivity index (χ1n) is 21.3. The monoisotopic (exact) mass is 950 g/mol. The van der Waals surface area contributed by atoms with Crippen molar-refractivity contribution in [3.8, 4) is 0 Å². The molecule has 8 atom stereocenters. The summed E-state index contributed by atoms with van der Waals surface area (Å²) in [5, 5.41) is 25.9. The Kier molecular flexibility index (Phi) is 14.1. The van der Waals surface area contributed by atoms with Gasteiger partial charge in [0.15, 0.2) is 0 Å². The molecular weight excluding hydrogens is 899 g/mol. The van der Waals surface area contributed by atoms with Crippen molar-refractivity contribution in [3.05, 3.63) is 151 Å². The number of allylic oxidation sites excluding steroid dienone is 2. The van der Waals surface area contributed by atoms with Crippen LogP contribution in [0.3, 0.4) is 0 Å². The van der Waals surface area contributed by atoms with E-state index in [1.807, 2.05) is 0 Å². The maximum absolute atomic E-state index is 13.5. The molecule has 4 aromatic rings. The number of fused-ring (bicyclic) bond motifs is 8. The minimum absolute atomic E-state index is 0.0437. The molecule has 4 bridgehead atoms. The molecule has 0 radical (unpaired) electrons. The number of carbonyl (C=O) groups is 2. The van der Waals surface area contributed by atoms with E-state index < -0.39 is 105 Å². The third-order valence-electron chi connectivity index (χ3n) is 12.8. The topological polar surface area (TPSA) is 217 Å². The molecule has 20 heteroatoms. The van der Waals surface area contributed by atoms with Crippen molar-refractivity contribution in [2.24, 2.45) is 23.7 Å². The third-order valence-corrected chi connectivity index (χ3v) is 15.3. The van der Waals surface area contributed by atoms with Gasteiger partial charge in [0.1, 0.15) is 11.6 Å². The zero-order valence-corrected chi connectivity index (χ0v) is 38.3. The second-order valence-electron chi connectivity index (χ2n) is 16.9. The first-order chi connectivity index (χ1) is 31.3. The Balaban J connectivity index is 0.000000196. The van der Waals surface area contributed by atoms with E-state index in [1.165, 1.54) is 54.1 Å². The van der Waals surface area contributed by atoms with Gasteiger partial charge in [-0.25, -0.2) is 25.6 Å². The number of nitrogens with one attached hydrogen (secondary N) is 2. The van der Waals surface area contributed by atoms with Crippen LogP contribution in [0, 0.1) is 35.3 Å². The molecule has 2 aromatic heterocycles. The molecule has 4 N–H and O–H groups in total. The fraction of sp³-hybridized carbons (Fsp3) is 0.391. The first kappa shape index (κ1) is 48.3. The average Bonchev–Trinajstić information content (AvgIpc) is 3.68. The molecule has 0 aliphatic carbocycles. The molecule has 2 saturated heterocycles. The highest BCUT2D eigenvalue weighted by Crippen LogP contribution is 2.51. The molecule has 0 unspecified atom stereocenters. The number of aliphatic hydroxyl groups excluding tert-OH is 2. The normalized spacial score (nSPS) is 24.7. The van der Waals surface area contributed by atoms with Crippen molar-refractivity contribution < 1.29 is 45.4 Å². The van der Waals surface area contributed by atoms with Gasteiger partial charge in [-0.2, -0.15) is 8.61 Å². The molecule has 2 fully saturated rings. The van der Waals surface area contributed by atoms with E-state index in [0.29, 0.717) is 33.6 Å². The number of halogens is 2. The first-order valence-corrected chi connectivity index (χ1v) is 25.0. The molecule has 2 aromatic carbocycles. The van der Waals surface area contributed by atoms with Gasteiger partial charge in [-0.1, -0.05) is 48.6 Å². The van der Waals surface area contributed by atoms with E-state index in [2.05, 4.69) is 10.6 Å². The van der Waals surface area contributed by atoms with E-state index in [9.17, 15) is 55.0 Å². The Morgan fingerprint density at radius 3 is 1.35 bits per heavy atom. The number of carbonyl (C=O) groups excluding carboxylic acids is 2. The number of hydrogen-bond acceptors (Lipinski definition) is 10. The zero-order chi connectivity index (χ0) is 47.8. The highest BCUT2D eigenvalue weighted by Gasteiger charge is 2.60. The maximum atomic E-state index is 13.5. The van der Waals surface area contributed by atoms with Crippen molar-refractivity contribution >= 4 is 44.0 Å². The lowest BCUT2D eigenvalue weighted by atomic mass is 9.86. The number of aliphatic hydroxyl groups is 2. The molecule has 2 amide bonds. The van der Waals surface area contributed by atoms with Crippen LogP contribution >= 0.6 is 0 Å². The lowest BCUT2D eigenvalue weighted by Crippen LogP contribution is -2.48. The van der Waals surface area contributed by atoms with Crippen LogP contribution in [0.4, 0.5) is 8.78 Å². The number of rotatable bonds is 12. The summed E-state index contributed by atoms with van der Waals surface area (Å²) in [7, 11) is -7.51. The number of sulfonamides is 2. The second kappa shape index (κ2) is 19.3. The minimum atomic E-state index is -3.76. The fourth-order valence-electron chi connectivity index (χ4n) is 10.2. The van der Waals surface area contributed by atoms with Gasteiger partial charge in [0.2, 0.25) is 31.9 Å². The van der Waals surface area contributed by atoms with Crippen LogP contribution in [0.2, 0.25) is 0 Å². The van der Waals surface area contributed by atoms with Crippen LogP contribution in [0.25, 0.3) is 12.2 Å². The third kappa shape index (κ3) is 9.21. The lowest BCUT2D eigenvalue weighted by molar-refractivity contribution is -0.128. The summed E-state index contributed by atoms with van der Waals surface area (Å²) in [4.78, 5) is 52.7. The van der Waals surface area contributed by atoms with Crippen LogP contribution in [0.5, 0.6) is 0 Å². The van der Waals surface area contributed by atoms with Crippen LogP contribution in [0.15, 0.2) is 94.5 Å². The Hall–Kier alpha value is -5.64. The number of nitrogens with zero attached hydrogens (tertiary/aromatic N) is 4. The van der Waals surface area contributed by atoms with Crippen LogP contribution in [-0.4, -0.2) is 94.4 Å². The molecule has 0 saturated carbocycles. The molecule has 8 rings (SSSR count). The number of pyridine rings is 2. The summed E-state index contributed by atoms with van der Waals surface area (Å²) in [5.74, 6) is -5.02. The van der Waals surface area contributed by atoms with Gasteiger partial charge in [-0.3, -0.25) is 19.2 Å². The predicted octanol–water partition coefficient (Wildman–Crippen LogP) is 2.52. The lowest BCUT2D eigenvalue weighted by Gasteiger charge is -2.36. The van der Waals surface area contributed by atoms with Gasteiger partial charge in [-0.15, -0.1) is 0 Å².